The number of piperidine rings is 1. The van der Waals surface area contributed by atoms with Gasteiger partial charge in [0.1, 0.15) is 35.5 Å². The van der Waals surface area contributed by atoms with Crippen molar-refractivity contribution in [1.29, 1.82) is 5.41 Å². The number of rotatable bonds is 17. The van der Waals surface area contributed by atoms with Crippen LogP contribution in [0.2, 0.25) is 0 Å². The molecule has 22 nitrogen and oxygen atoms in total. The zero-order valence-corrected chi connectivity index (χ0v) is 40.0. The Morgan fingerprint density at radius 3 is 2.17 bits per heavy atom. The van der Waals surface area contributed by atoms with Gasteiger partial charge in [0.05, 0.1) is 5.54 Å². The molecule has 69 heavy (non-hydrogen) atoms. The highest BCUT2D eigenvalue weighted by Gasteiger charge is 2.58. The van der Waals surface area contributed by atoms with Gasteiger partial charge in [-0.3, -0.25) is 24.9 Å². The number of hydroxylamine groups is 2. The van der Waals surface area contributed by atoms with Gasteiger partial charge in [-0.15, -0.1) is 15.6 Å². The first kappa shape index (κ1) is 51.2. The number of likely N-dealkylation sites (tertiary alicyclic amines) is 1. The van der Waals surface area contributed by atoms with Gasteiger partial charge < -0.3 is 39.7 Å². The number of carbonyl (C=O) groups excluding carboxylic acids is 4. The normalized spacial score (nSPS) is 17.5. The zero-order valence-electron chi connectivity index (χ0n) is 38.3. The van der Waals surface area contributed by atoms with Crippen LogP contribution in [0.15, 0.2) is 90.1 Å². The molecule has 3 atom stereocenters. The number of oxime groups is 1. The number of benzene rings is 3. The Hall–Kier alpha value is -7.15. The van der Waals surface area contributed by atoms with Crippen LogP contribution >= 0.6 is 11.3 Å². The van der Waals surface area contributed by atoms with Crippen LogP contribution in [0.5, 0.6) is 5.75 Å². The third kappa shape index (κ3) is 13.5. The number of anilines is 1. The maximum absolute atomic E-state index is 14.4. The van der Waals surface area contributed by atoms with E-state index in [1.807, 2.05) is 0 Å². The van der Waals surface area contributed by atoms with E-state index >= 15 is 0 Å². The second-order valence-corrected chi connectivity index (χ2v) is 19.5. The van der Waals surface area contributed by atoms with Crippen molar-refractivity contribution >= 4 is 68.4 Å². The number of amides is 4. The van der Waals surface area contributed by atoms with Crippen molar-refractivity contribution in [3.8, 4) is 5.75 Å². The van der Waals surface area contributed by atoms with Gasteiger partial charge in [0.2, 0.25) is 0 Å². The van der Waals surface area contributed by atoms with E-state index in [0.717, 1.165) is 11.3 Å². The van der Waals surface area contributed by atoms with E-state index in [-0.39, 0.29) is 35.0 Å². The number of carbonyl (C=O) groups is 5. The first-order valence-corrected chi connectivity index (χ1v) is 23.6. The number of hydrogen-bond acceptors (Lipinski definition) is 16. The molecule has 4 amide bonds. The monoisotopic (exact) mass is 992 g/mol. The molecule has 6 rings (SSSR count). The van der Waals surface area contributed by atoms with E-state index in [1.165, 1.54) is 18.7 Å². The van der Waals surface area contributed by atoms with Crippen LogP contribution in [0, 0.1) is 12.3 Å². The second kappa shape index (κ2) is 21.4. The fraction of sp³-hybridized carbons (Fsp3) is 0.378. The molecule has 0 saturated carbocycles. The summed E-state index contributed by atoms with van der Waals surface area (Å²) in [6.45, 7) is 9.31. The summed E-state index contributed by atoms with van der Waals surface area (Å²) < 4.78 is 54.1. The number of nitrogens with zero attached hydrogens (tertiary/aromatic N) is 4. The van der Waals surface area contributed by atoms with Gasteiger partial charge >= 0.3 is 28.6 Å². The molecule has 0 radical (unpaired) electrons. The SMILES string of the molecule is Cc1sc(NC(=O)OC(C)(C)C)nc1/C(=N/OC(COc1ccc(C(=N)N[C@@H]2CCCN(C(=O)O)C2)cc1)C(=O)OC(c1ccccc1)c1ccccc1)C(=O)N[C@@H]1C(=O)N(OS(=O)(=O)O)C1(C)C. The Morgan fingerprint density at radius 2 is 1.61 bits per heavy atom. The number of β-lactam (4-membered cyclic amide) rings is 1. The first-order valence-electron chi connectivity index (χ1n) is 21.4. The minimum Gasteiger partial charge on any atom is -0.489 e. The minimum absolute atomic E-state index is 0.0226. The number of aromatic nitrogens is 1. The molecule has 1 aromatic heterocycles. The minimum atomic E-state index is -5.13. The average Bonchev–Trinajstić information content (AvgIpc) is 3.65. The number of nitrogens with one attached hydrogen (secondary N) is 4. The Morgan fingerprint density at radius 1 is 0.986 bits per heavy atom. The molecule has 0 spiro atoms. The molecular weight excluding hydrogens is 941 g/mol. The first-order chi connectivity index (χ1) is 32.5. The quantitative estimate of drug-likeness (QED) is 0.0198. The van der Waals surface area contributed by atoms with Crippen molar-refractivity contribution in [2.75, 3.05) is 25.0 Å². The second-order valence-electron chi connectivity index (χ2n) is 17.3. The van der Waals surface area contributed by atoms with E-state index in [4.69, 9.17) is 24.5 Å². The lowest BCUT2D eigenvalue weighted by molar-refractivity contribution is -0.218. The van der Waals surface area contributed by atoms with Crippen LogP contribution in [0.1, 0.15) is 80.8 Å². The Labute approximate surface area is 401 Å². The summed E-state index contributed by atoms with van der Waals surface area (Å²) in [6.07, 6.45) is -3.23. The molecular formula is C45H52N8O14S2. The van der Waals surface area contributed by atoms with Gasteiger partial charge in [0.15, 0.2) is 16.9 Å². The van der Waals surface area contributed by atoms with E-state index in [0.29, 0.717) is 46.0 Å². The topological polar surface area (TPSA) is 298 Å². The molecule has 368 valence electrons. The van der Waals surface area contributed by atoms with Crippen molar-refractivity contribution in [2.24, 2.45) is 5.16 Å². The summed E-state index contributed by atoms with van der Waals surface area (Å²) in [5.41, 5.74) is -1.48. The molecule has 2 saturated heterocycles. The van der Waals surface area contributed by atoms with Gasteiger partial charge in [0.25, 0.3) is 17.9 Å². The van der Waals surface area contributed by atoms with Crippen LogP contribution in [-0.2, 0) is 43.4 Å². The van der Waals surface area contributed by atoms with Crippen LogP contribution in [0.3, 0.4) is 0 Å². The fourth-order valence-corrected chi connectivity index (χ4v) is 8.41. The van der Waals surface area contributed by atoms with Crippen molar-refractivity contribution in [1.82, 2.24) is 25.6 Å². The third-order valence-corrected chi connectivity index (χ3v) is 11.7. The Balaban J connectivity index is 1.31. The lowest BCUT2D eigenvalue weighted by Crippen LogP contribution is -2.76. The predicted molar refractivity (Wildman–Crippen MR) is 249 cm³/mol. The number of amidine groups is 1. The number of hydrogen-bond donors (Lipinski definition) is 6. The summed E-state index contributed by atoms with van der Waals surface area (Å²) in [4.78, 5) is 77.8. The van der Waals surface area contributed by atoms with E-state index < -0.39 is 82.1 Å². The van der Waals surface area contributed by atoms with Crippen molar-refractivity contribution in [3.63, 3.8) is 0 Å². The molecule has 6 N–H and O–H groups in total. The number of esters is 1. The summed E-state index contributed by atoms with van der Waals surface area (Å²) in [6, 6.07) is 22.3. The van der Waals surface area contributed by atoms with E-state index in [2.05, 4.69) is 30.4 Å². The molecule has 0 bridgehead atoms. The van der Waals surface area contributed by atoms with Crippen molar-refractivity contribution in [2.45, 2.75) is 89.8 Å². The predicted octanol–water partition coefficient (Wildman–Crippen LogP) is 5.20. The molecule has 3 heterocycles. The van der Waals surface area contributed by atoms with Gasteiger partial charge in [0, 0.05) is 29.6 Å². The Bertz CT molecular complexity index is 2640. The molecule has 1 unspecified atom stereocenters. The number of ether oxygens (including phenoxy) is 3. The van der Waals surface area contributed by atoms with Gasteiger partial charge in [-0.05, 0) is 89.8 Å². The lowest BCUT2D eigenvalue weighted by Gasteiger charge is -2.50. The molecule has 2 fully saturated rings. The number of thiazole rings is 1. The summed E-state index contributed by atoms with van der Waals surface area (Å²) in [7, 11) is -5.13. The van der Waals surface area contributed by atoms with Crippen molar-refractivity contribution in [3.05, 3.63) is 112 Å². The molecule has 0 aliphatic carbocycles. The number of aryl methyl sites for hydroxylation is 1. The summed E-state index contributed by atoms with van der Waals surface area (Å²) in [5, 5.41) is 30.6. The molecule has 3 aromatic carbocycles. The average molecular weight is 993 g/mol. The van der Waals surface area contributed by atoms with Crippen LogP contribution in [-0.4, -0.2) is 124 Å². The molecule has 2 aliphatic heterocycles. The lowest BCUT2D eigenvalue weighted by atomic mass is 9.84. The fourth-order valence-electron chi connectivity index (χ4n) is 7.15. The molecule has 24 heteroatoms. The summed E-state index contributed by atoms with van der Waals surface area (Å²) in [5.74, 6) is -2.85. The zero-order chi connectivity index (χ0) is 50.3. The smallest absolute Gasteiger partial charge is 0.418 e. The largest absolute Gasteiger partial charge is 0.489 e. The maximum Gasteiger partial charge on any atom is 0.418 e. The molecule has 2 aliphatic rings. The highest BCUT2D eigenvalue weighted by atomic mass is 32.3. The van der Waals surface area contributed by atoms with Crippen LogP contribution < -0.4 is 20.7 Å². The Kier molecular flexibility index (Phi) is 15.9. The summed E-state index contributed by atoms with van der Waals surface area (Å²) >= 11 is 0.935. The van der Waals surface area contributed by atoms with Crippen LogP contribution in [0.4, 0.5) is 14.7 Å². The van der Waals surface area contributed by atoms with Gasteiger partial charge in [-0.25, -0.2) is 19.4 Å². The van der Waals surface area contributed by atoms with Crippen LogP contribution in [0.25, 0.3) is 0 Å². The standard InChI is InChI=1S/C45H52N8O14S2/c1-26-33(48-41(68-26)50-42(57)65-44(2,3)4)34(38(54)49-36-39(55)53(45(36,5)6)67-69(60,61)62)51-66-32(40(56)64-35(27-14-9-7-10-15-27)28-16-11-8-12-17-28)25-63-31-21-19-29(20-22-31)37(46)47-30-18-13-23-52(24-30)43(58)59/h7-12,14-17,19-22,30,32,35-36H,13,18,23-25H2,1-6H3,(H2,46,47)(H,49,54)(H,58,59)(H,48,50,57)(H,60,61,62)/b51-34-/t30-,32?,36-/m1/s1. The highest BCUT2D eigenvalue weighted by Crippen LogP contribution is 2.34. The number of carboxylic acid groups (broad SMARTS) is 1. The maximum atomic E-state index is 14.4. The molecule has 4 aromatic rings. The highest BCUT2D eigenvalue weighted by molar-refractivity contribution is 7.80. The van der Waals surface area contributed by atoms with Crippen molar-refractivity contribution < 1.29 is 65.4 Å². The van der Waals surface area contributed by atoms with E-state index in [1.54, 1.807) is 113 Å². The van der Waals surface area contributed by atoms with Gasteiger partial charge in [-0.2, -0.15) is 13.5 Å². The third-order valence-electron chi connectivity index (χ3n) is 10.5. The van der Waals surface area contributed by atoms with Gasteiger partial charge in [-0.1, -0.05) is 65.8 Å². The van der Waals surface area contributed by atoms with E-state index in [9.17, 15) is 42.0 Å².